The molecule has 4 fully saturated rings. The first kappa shape index (κ1) is 21.8. The number of benzene rings is 2. The fraction of sp³-hybridized carbons (Fsp3) is 0.480. The highest BCUT2D eigenvalue weighted by Gasteiger charge is 2.40. The zero-order valence-corrected chi connectivity index (χ0v) is 20.3. The van der Waals surface area contributed by atoms with Crippen molar-refractivity contribution in [2.75, 3.05) is 55.2 Å². The molecule has 9 heteroatoms. The summed E-state index contributed by atoms with van der Waals surface area (Å²) in [6.07, 6.45) is 2.74. The van der Waals surface area contributed by atoms with Crippen LogP contribution in [0.3, 0.4) is 0 Å². The smallest absolute Gasteiger partial charge is 0.175 e. The van der Waals surface area contributed by atoms with Crippen LogP contribution in [0.15, 0.2) is 36.4 Å². The molecule has 34 heavy (non-hydrogen) atoms. The maximum Gasteiger partial charge on any atom is 0.175 e. The number of thiocarbonyl (C=S) groups is 1. The number of nitrogens with zero attached hydrogens (tertiary/aromatic N) is 3. The number of ether oxygens (including phenoxy) is 4. The van der Waals surface area contributed by atoms with E-state index in [0.717, 1.165) is 61.9 Å². The van der Waals surface area contributed by atoms with E-state index in [0.29, 0.717) is 35.8 Å². The quantitative estimate of drug-likeness (QED) is 0.626. The van der Waals surface area contributed by atoms with Crippen LogP contribution < -0.4 is 29.9 Å². The minimum atomic E-state index is 0.225. The highest BCUT2D eigenvalue weighted by Crippen LogP contribution is 2.44. The lowest BCUT2D eigenvalue weighted by molar-refractivity contribution is 0.0990. The molecule has 6 rings (SSSR count). The highest BCUT2D eigenvalue weighted by molar-refractivity contribution is 7.80. The topological polar surface area (TPSA) is 72.7 Å². The molecule has 4 saturated heterocycles. The van der Waals surface area contributed by atoms with Gasteiger partial charge in [0.1, 0.15) is 11.5 Å². The average molecular weight is 483 g/mol. The maximum atomic E-state index is 6.36. The monoisotopic (exact) mass is 482 g/mol. The van der Waals surface area contributed by atoms with Crippen molar-refractivity contribution in [2.45, 2.75) is 37.1 Å². The van der Waals surface area contributed by atoms with E-state index in [4.69, 9.17) is 36.9 Å². The van der Waals surface area contributed by atoms with E-state index < -0.39 is 0 Å². The lowest BCUT2D eigenvalue weighted by Gasteiger charge is -2.33. The highest BCUT2D eigenvalue weighted by atomic mass is 32.1. The molecule has 4 atom stereocenters. The zero-order valence-electron chi connectivity index (χ0n) is 19.5. The fourth-order valence-corrected chi connectivity index (χ4v) is 6.06. The molecule has 4 aliphatic heterocycles. The number of fused-ring (bicyclic) bond motifs is 4. The second-order valence-corrected chi connectivity index (χ2v) is 9.80. The van der Waals surface area contributed by atoms with Crippen LogP contribution in [0.1, 0.15) is 12.8 Å². The van der Waals surface area contributed by atoms with Gasteiger partial charge in [0.25, 0.3) is 0 Å². The van der Waals surface area contributed by atoms with Gasteiger partial charge in [0.15, 0.2) is 5.11 Å². The predicted molar refractivity (Wildman–Crippen MR) is 136 cm³/mol. The molecule has 4 unspecified atom stereocenters. The molecule has 2 N–H and O–H groups in total. The Morgan fingerprint density at radius 2 is 1.35 bits per heavy atom. The Balaban J connectivity index is 1.42. The molecule has 8 nitrogen and oxygen atoms in total. The molecule has 2 aromatic rings. The van der Waals surface area contributed by atoms with E-state index in [1.54, 1.807) is 14.2 Å². The predicted octanol–water partition coefficient (Wildman–Crippen LogP) is 3.04. The first-order valence-corrected chi connectivity index (χ1v) is 12.2. The molecule has 0 spiro atoms. The summed E-state index contributed by atoms with van der Waals surface area (Å²) < 4.78 is 23.1. The van der Waals surface area contributed by atoms with E-state index in [9.17, 15) is 0 Å². The minimum Gasteiger partial charge on any atom is -0.495 e. The van der Waals surface area contributed by atoms with E-state index in [1.165, 1.54) is 0 Å². The van der Waals surface area contributed by atoms with Crippen LogP contribution in [0.2, 0.25) is 0 Å². The number of rotatable bonds is 6. The van der Waals surface area contributed by atoms with E-state index in [1.807, 2.05) is 17.0 Å². The first-order valence-electron chi connectivity index (χ1n) is 11.8. The molecule has 0 aliphatic carbocycles. The van der Waals surface area contributed by atoms with Crippen LogP contribution >= 0.6 is 12.2 Å². The van der Waals surface area contributed by atoms with Gasteiger partial charge in [0.2, 0.25) is 0 Å². The van der Waals surface area contributed by atoms with Crippen molar-refractivity contribution in [3.63, 3.8) is 0 Å². The summed E-state index contributed by atoms with van der Waals surface area (Å²) in [6.45, 7) is 3.31. The van der Waals surface area contributed by atoms with Gasteiger partial charge in [0.05, 0.1) is 63.1 Å². The van der Waals surface area contributed by atoms with Gasteiger partial charge < -0.3 is 34.5 Å². The molecule has 4 bridgehead atoms. The number of methoxy groups -OCH3 is 2. The van der Waals surface area contributed by atoms with Crippen molar-refractivity contribution in [1.29, 1.82) is 0 Å². The van der Waals surface area contributed by atoms with Gasteiger partial charge >= 0.3 is 0 Å². The van der Waals surface area contributed by atoms with Crippen LogP contribution in [0, 0.1) is 0 Å². The van der Waals surface area contributed by atoms with Gasteiger partial charge in [-0.1, -0.05) is 0 Å². The molecule has 0 radical (unpaired) electrons. The van der Waals surface area contributed by atoms with E-state index in [2.05, 4.69) is 34.1 Å². The summed E-state index contributed by atoms with van der Waals surface area (Å²) >= 11 is 5.58. The van der Waals surface area contributed by atoms with Gasteiger partial charge in [-0.3, -0.25) is 4.90 Å². The summed E-state index contributed by atoms with van der Waals surface area (Å²) in [5.74, 6) is 1.39. The van der Waals surface area contributed by atoms with Gasteiger partial charge in [-0.25, -0.2) is 0 Å². The van der Waals surface area contributed by atoms with Crippen LogP contribution in [-0.2, 0) is 9.47 Å². The van der Waals surface area contributed by atoms with Crippen LogP contribution in [0.4, 0.5) is 22.7 Å². The van der Waals surface area contributed by atoms with Crippen LogP contribution in [0.25, 0.3) is 0 Å². The molecular formula is C25H30N4O4S. The van der Waals surface area contributed by atoms with Crippen molar-refractivity contribution in [1.82, 2.24) is 0 Å². The van der Waals surface area contributed by atoms with Gasteiger partial charge in [-0.2, -0.15) is 0 Å². The lowest BCUT2D eigenvalue weighted by Crippen LogP contribution is -2.38. The van der Waals surface area contributed by atoms with Crippen molar-refractivity contribution >= 4 is 40.1 Å². The third kappa shape index (κ3) is 3.54. The van der Waals surface area contributed by atoms with Crippen molar-refractivity contribution in [3.05, 3.63) is 36.4 Å². The number of hydrogen-bond acceptors (Lipinski definition) is 7. The Kier molecular flexibility index (Phi) is 5.43. The average Bonchev–Trinajstić information content (AvgIpc) is 3.66. The number of morpholine rings is 2. The lowest BCUT2D eigenvalue weighted by atomic mass is 10.1. The largest absolute Gasteiger partial charge is 0.495 e. The molecule has 180 valence electrons. The molecule has 2 aromatic carbocycles. The molecule has 4 aliphatic rings. The SMILES string of the molecule is COc1ccc(N2CC3CC2CO3)cc1N(C(N)=S)c1cc(N2CC3CC2CO3)ccc1OC. The second kappa shape index (κ2) is 8.48. The van der Waals surface area contributed by atoms with Crippen molar-refractivity contribution < 1.29 is 18.9 Å². The number of anilines is 4. The minimum absolute atomic E-state index is 0.225. The summed E-state index contributed by atoms with van der Waals surface area (Å²) in [6, 6.07) is 13.2. The van der Waals surface area contributed by atoms with Crippen molar-refractivity contribution in [3.8, 4) is 11.5 Å². The molecule has 0 aromatic heterocycles. The third-order valence-corrected chi connectivity index (χ3v) is 7.67. The van der Waals surface area contributed by atoms with Gasteiger partial charge in [0, 0.05) is 24.5 Å². The normalized spacial score (nSPS) is 26.9. The zero-order chi connectivity index (χ0) is 23.4. The molecule has 0 amide bonds. The van der Waals surface area contributed by atoms with E-state index >= 15 is 0 Å². The Hall–Kier alpha value is -2.75. The van der Waals surface area contributed by atoms with E-state index in [-0.39, 0.29) is 5.11 Å². The van der Waals surface area contributed by atoms with Crippen LogP contribution in [0.5, 0.6) is 11.5 Å². The maximum absolute atomic E-state index is 6.36. The second-order valence-electron chi connectivity index (χ2n) is 9.38. The summed E-state index contributed by atoms with van der Waals surface area (Å²) in [5, 5.41) is 0.225. The van der Waals surface area contributed by atoms with Gasteiger partial charge in [-0.15, -0.1) is 0 Å². The summed E-state index contributed by atoms with van der Waals surface area (Å²) in [4.78, 5) is 6.67. The summed E-state index contributed by atoms with van der Waals surface area (Å²) in [5.41, 5.74) is 10.2. The molecular weight excluding hydrogens is 452 g/mol. The standard InChI is InChI=1S/C25H30N4O4S/c1-30-23-5-3-15(27-11-19-7-17(27)13-32-19)9-21(23)29(25(26)34)22-10-16(4-6-24(22)31-2)28-12-20-8-18(28)14-33-20/h3-6,9-10,17-20H,7-8,11-14H2,1-2H3,(H2,26,34). The molecule has 0 saturated carbocycles. The molecule has 4 heterocycles. The number of nitrogens with two attached hydrogens (primary N) is 1. The Labute approximate surface area is 205 Å². The Morgan fingerprint density at radius 3 is 1.68 bits per heavy atom. The van der Waals surface area contributed by atoms with Gasteiger partial charge in [-0.05, 0) is 61.5 Å². The number of hydrogen-bond donors (Lipinski definition) is 1. The third-order valence-electron chi connectivity index (χ3n) is 7.49. The first-order chi connectivity index (χ1) is 16.6. The van der Waals surface area contributed by atoms with Crippen molar-refractivity contribution in [2.24, 2.45) is 5.73 Å². The Morgan fingerprint density at radius 1 is 0.882 bits per heavy atom. The van der Waals surface area contributed by atoms with Crippen LogP contribution in [-0.4, -0.2) is 69.9 Å². The Bertz CT molecular complexity index is 1030. The fourth-order valence-electron chi connectivity index (χ4n) is 5.86. The summed E-state index contributed by atoms with van der Waals surface area (Å²) in [7, 11) is 3.33.